The number of rotatable bonds is 5. The van der Waals surface area contributed by atoms with Crippen molar-refractivity contribution >= 4 is 23.3 Å². The van der Waals surface area contributed by atoms with E-state index in [9.17, 15) is 4.79 Å². The number of anilines is 1. The first-order valence-corrected chi connectivity index (χ1v) is 8.90. The highest BCUT2D eigenvalue weighted by Gasteiger charge is 2.16. The van der Waals surface area contributed by atoms with Crippen molar-refractivity contribution in [3.63, 3.8) is 0 Å². The quantitative estimate of drug-likeness (QED) is 0.888. The van der Waals surface area contributed by atoms with Crippen molar-refractivity contribution in [2.75, 3.05) is 31.2 Å². The number of pyridine rings is 1. The number of halogens is 1. The molecule has 6 heteroatoms. The standard InChI is InChI=1S/C19H22ClN3O2/c1-2-17(14-3-6-16(20)7-4-14)22-19(24)15-5-8-18(21-13-15)23-9-11-25-12-10-23/h3-8,13,17H,2,9-12H2,1H3,(H,22,24). The molecule has 1 aromatic carbocycles. The molecule has 1 aliphatic heterocycles. The Hall–Kier alpha value is -2.11. The number of carbonyl (C=O) groups is 1. The first-order valence-electron chi connectivity index (χ1n) is 8.52. The molecule has 1 amide bonds. The number of hydrogen-bond donors (Lipinski definition) is 1. The van der Waals surface area contributed by atoms with Gasteiger partial charge in [-0.25, -0.2) is 4.98 Å². The maximum Gasteiger partial charge on any atom is 0.253 e. The van der Waals surface area contributed by atoms with Crippen LogP contribution in [0.25, 0.3) is 0 Å². The second-order valence-corrected chi connectivity index (χ2v) is 6.43. The van der Waals surface area contributed by atoms with Crippen molar-refractivity contribution in [1.82, 2.24) is 10.3 Å². The van der Waals surface area contributed by atoms with E-state index in [1.165, 1.54) is 0 Å². The van der Waals surface area contributed by atoms with Crippen LogP contribution in [0.1, 0.15) is 35.3 Å². The minimum absolute atomic E-state index is 0.0521. The highest BCUT2D eigenvalue weighted by atomic mass is 35.5. The van der Waals surface area contributed by atoms with Gasteiger partial charge in [-0.1, -0.05) is 30.7 Å². The fourth-order valence-corrected chi connectivity index (χ4v) is 2.98. The van der Waals surface area contributed by atoms with Gasteiger partial charge in [-0.15, -0.1) is 0 Å². The van der Waals surface area contributed by atoms with Gasteiger partial charge in [0.2, 0.25) is 0 Å². The molecule has 1 N–H and O–H groups in total. The number of aromatic nitrogens is 1. The molecule has 1 unspecified atom stereocenters. The Morgan fingerprint density at radius 1 is 1.24 bits per heavy atom. The van der Waals surface area contributed by atoms with E-state index in [1.54, 1.807) is 6.20 Å². The lowest BCUT2D eigenvalue weighted by molar-refractivity contribution is 0.0935. The smallest absolute Gasteiger partial charge is 0.253 e. The molecular formula is C19H22ClN3O2. The van der Waals surface area contributed by atoms with Crippen molar-refractivity contribution in [3.8, 4) is 0 Å². The molecule has 0 radical (unpaired) electrons. The Kier molecular flexibility index (Phi) is 5.89. The van der Waals surface area contributed by atoms with E-state index in [1.807, 2.05) is 43.3 Å². The molecule has 3 rings (SSSR count). The third-order valence-corrected chi connectivity index (χ3v) is 4.58. The lowest BCUT2D eigenvalue weighted by atomic mass is 10.0. The van der Waals surface area contributed by atoms with Crippen LogP contribution in [0.3, 0.4) is 0 Å². The van der Waals surface area contributed by atoms with Gasteiger partial charge in [0.15, 0.2) is 0 Å². The van der Waals surface area contributed by atoms with E-state index in [-0.39, 0.29) is 11.9 Å². The van der Waals surface area contributed by atoms with Crippen LogP contribution in [-0.4, -0.2) is 37.2 Å². The maximum atomic E-state index is 12.5. The SMILES string of the molecule is CCC(NC(=O)c1ccc(N2CCOCC2)nc1)c1ccc(Cl)cc1. The molecule has 25 heavy (non-hydrogen) atoms. The monoisotopic (exact) mass is 359 g/mol. The van der Waals surface area contributed by atoms with Crippen molar-refractivity contribution < 1.29 is 9.53 Å². The van der Waals surface area contributed by atoms with E-state index in [0.717, 1.165) is 30.9 Å². The number of hydrogen-bond acceptors (Lipinski definition) is 4. The fourth-order valence-electron chi connectivity index (χ4n) is 2.86. The molecule has 1 saturated heterocycles. The lowest BCUT2D eigenvalue weighted by Crippen LogP contribution is -2.36. The summed E-state index contributed by atoms with van der Waals surface area (Å²) in [7, 11) is 0. The van der Waals surface area contributed by atoms with Crippen LogP contribution in [0, 0.1) is 0 Å². The molecule has 132 valence electrons. The summed E-state index contributed by atoms with van der Waals surface area (Å²) in [6.07, 6.45) is 2.43. The Bertz CT molecular complexity index is 698. The average molecular weight is 360 g/mol. The Morgan fingerprint density at radius 2 is 1.96 bits per heavy atom. The zero-order chi connectivity index (χ0) is 17.6. The minimum Gasteiger partial charge on any atom is -0.378 e. The van der Waals surface area contributed by atoms with Gasteiger partial charge >= 0.3 is 0 Å². The third kappa shape index (κ3) is 4.50. The normalized spacial score (nSPS) is 15.7. The molecule has 5 nitrogen and oxygen atoms in total. The van der Waals surface area contributed by atoms with Crippen molar-refractivity contribution in [2.45, 2.75) is 19.4 Å². The van der Waals surface area contributed by atoms with Crippen molar-refractivity contribution in [1.29, 1.82) is 0 Å². The van der Waals surface area contributed by atoms with Crippen molar-refractivity contribution in [2.24, 2.45) is 0 Å². The molecule has 0 spiro atoms. The second kappa shape index (κ2) is 8.32. The van der Waals surface area contributed by atoms with Gasteiger partial charge in [-0.3, -0.25) is 4.79 Å². The predicted molar refractivity (Wildman–Crippen MR) is 99.2 cm³/mol. The summed E-state index contributed by atoms with van der Waals surface area (Å²) in [4.78, 5) is 19.1. The highest BCUT2D eigenvalue weighted by molar-refractivity contribution is 6.30. The minimum atomic E-state index is -0.122. The summed E-state index contributed by atoms with van der Waals surface area (Å²) in [5.74, 6) is 0.757. The summed E-state index contributed by atoms with van der Waals surface area (Å²) < 4.78 is 5.35. The summed E-state index contributed by atoms with van der Waals surface area (Å²) in [6.45, 7) is 5.12. The largest absolute Gasteiger partial charge is 0.378 e. The topological polar surface area (TPSA) is 54.5 Å². The van der Waals surface area contributed by atoms with Crippen LogP contribution in [0.5, 0.6) is 0 Å². The number of carbonyl (C=O) groups excluding carboxylic acids is 1. The number of nitrogens with one attached hydrogen (secondary N) is 1. The van der Waals surface area contributed by atoms with Crippen LogP contribution in [-0.2, 0) is 4.74 Å². The predicted octanol–water partition coefficient (Wildman–Crippen LogP) is 3.45. The summed E-state index contributed by atoms with van der Waals surface area (Å²) in [5.41, 5.74) is 1.60. The van der Waals surface area contributed by atoms with Crippen molar-refractivity contribution in [3.05, 3.63) is 58.7 Å². The molecule has 1 aromatic heterocycles. The number of amides is 1. The van der Waals surface area contributed by atoms with E-state index >= 15 is 0 Å². The maximum absolute atomic E-state index is 12.5. The molecule has 0 saturated carbocycles. The molecule has 2 heterocycles. The molecule has 0 aliphatic carbocycles. The first kappa shape index (κ1) is 17.7. The molecule has 2 aromatic rings. The Balaban J connectivity index is 1.66. The molecule has 1 atom stereocenters. The van der Waals surface area contributed by atoms with Crippen LogP contribution in [0.4, 0.5) is 5.82 Å². The molecule has 0 bridgehead atoms. The third-order valence-electron chi connectivity index (χ3n) is 4.33. The van der Waals surface area contributed by atoms with Gasteiger partial charge in [-0.05, 0) is 36.2 Å². The van der Waals surface area contributed by atoms with Gasteiger partial charge in [-0.2, -0.15) is 0 Å². The zero-order valence-electron chi connectivity index (χ0n) is 14.2. The van der Waals surface area contributed by atoms with Crippen LogP contribution < -0.4 is 10.2 Å². The number of nitrogens with zero attached hydrogens (tertiary/aromatic N) is 2. The average Bonchev–Trinajstić information content (AvgIpc) is 2.67. The number of ether oxygens (including phenoxy) is 1. The fraction of sp³-hybridized carbons (Fsp3) is 0.368. The Labute approximate surface area is 153 Å². The van der Waals surface area contributed by atoms with Crippen LogP contribution in [0.2, 0.25) is 5.02 Å². The van der Waals surface area contributed by atoms with Crippen LogP contribution in [0.15, 0.2) is 42.6 Å². The number of morpholine rings is 1. The summed E-state index contributed by atoms with van der Waals surface area (Å²) in [5, 5.41) is 3.75. The molecule has 1 fully saturated rings. The van der Waals surface area contributed by atoms with Crippen LogP contribution >= 0.6 is 11.6 Å². The summed E-state index contributed by atoms with van der Waals surface area (Å²) in [6, 6.07) is 11.2. The molecule has 1 aliphatic rings. The second-order valence-electron chi connectivity index (χ2n) is 5.99. The first-order chi connectivity index (χ1) is 12.2. The number of benzene rings is 1. The van der Waals surface area contributed by atoms with Gasteiger partial charge in [0.25, 0.3) is 5.91 Å². The lowest BCUT2D eigenvalue weighted by Gasteiger charge is -2.27. The highest BCUT2D eigenvalue weighted by Crippen LogP contribution is 2.20. The molecular weight excluding hydrogens is 338 g/mol. The van der Waals surface area contributed by atoms with E-state index in [0.29, 0.717) is 23.8 Å². The zero-order valence-corrected chi connectivity index (χ0v) is 15.0. The Morgan fingerprint density at radius 3 is 2.56 bits per heavy atom. The van der Waals surface area contributed by atoms with Gasteiger partial charge < -0.3 is 15.0 Å². The van der Waals surface area contributed by atoms with E-state index in [4.69, 9.17) is 16.3 Å². The van der Waals surface area contributed by atoms with E-state index < -0.39 is 0 Å². The van der Waals surface area contributed by atoms with Gasteiger partial charge in [0.05, 0.1) is 24.8 Å². The van der Waals surface area contributed by atoms with Gasteiger partial charge in [0, 0.05) is 24.3 Å². The summed E-state index contributed by atoms with van der Waals surface area (Å²) >= 11 is 5.93. The van der Waals surface area contributed by atoms with Gasteiger partial charge in [0.1, 0.15) is 5.82 Å². The van der Waals surface area contributed by atoms with E-state index in [2.05, 4.69) is 15.2 Å².